The molecular formula is C24H22N2O5. The Bertz CT molecular complexity index is 1070. The Kier molecular flexibility index (Phi) is 5.95. The van der Waals surface area contributed by atoms with Crippen LogP contribution in [0.2, 0.25) is 0 Å². The van der Waals surface area contributed by atoms with Crippen molar-refractivity contribution in [2.45, 2.75) is 18.4 Å². The van der Waals surface area contributed by atoms with Gasteiger partial charge in [-0.05, 0) is 34.2 Å². The number of alkyl carbamates (subject to hydrolysis) is 1. The van der Waals surface area contributed by atoms with E-state index >= 15 is 0 Å². The van der Waals surface area contributed by atoms with E-state index in [-0.39, 0.29) is 31.2 Å². The molecule has 7 heteroatoms. The van der Waals surface area contributed by atoms with Crippen LogP contribution in [0.4, 0.5) is 10.5 Å². The molecular weight excluding hydrogens is 396 g/mol. The van der Waals surface area contributed by atoms with E-state index in [1.165, 1.54) is 12.1 Å². The maximum Gasteiger partial charge on any atom is 0.407 e. The van der Waals surface area contributed by atoms with Crippen LogP contribution in [0.1, 0.15) is 35.1 Å². The Morgan fingerprint density at radius 2 is 1.68 bits per heavy atom. The van der Waals surface area contributed by atoms with Gasteiger partial charge in [0.1, 0.15) is 6.61 Å². The zero-order valence-corrected chi connectivity index (χ0v) is 16.7. The number of nitrogens with zero attached hydrogens (tertiary/aromatic N) is 1. The first-order chi connectivity index (χ1) is 15.1. The molecule has 3 aromatic carbocycles. The fraction of sp³-hybridized carbons (Fsp3) is 0.208. The highest BCUT2D eigenvalue weighted by atomic mass is 16.6. The first-order valence-corrected chi connectivity index (χ1v) is 10.0. The van der Waals surface area contributed by atoms with E-state index in [4.69, 9.17) is 4.74 Å². The Morgan fingerprint density at radius 3 is 2.29 bits per heavy atom. The van der Waals surface area contributed by atoms with Crippen molar-refractivity contribution in [1.82, 2.24) is 5.32 Å². The number of rotatable bonds is 7. The van der Waals surface area contributed by atoms with Gasteiger partial charge >= 0.3 is 6.09 Å². The molecule has 158 valence electrons. The molecule has 0 radical (unpaired) electrons. The van der Waals surface area contributed by atoms with Gasteiger partial charge in [-0.2, -0.15) is 0 Å². The second kappa shape index (κ2) is 8.97. The first kappa shape index (κ1) is 20.6. The molecule has 0 saturated heterocycles. The molecule has 7 nitrogen and oxygen atoms in total. The minimum Gasteiger partial charge on any atom is -0.449 e. The van der Waals surface area contributed by atoms with Crippen molar-refractivity contribution in [2.24, 2.45) is 0 Å². The van der Waals surface area contributed by atoms with Crippen LogP contribution < -0.4 is 5.32 Å². The second-order valence-electron chi connectivity index (χ2n) is 7.39. The second-order valence-corrected chi connectivity index (χ2v) is 7.39. The Morgan fingerprint density at radius 1 is 1.03 bits per heavy atom. The van der Waals surface area contributed by atoms with Crippen LogP contribution in [0.15, 0.2) is 72.8 Å². The van der Waals surface area contributed by atoms with Crippen molar-refractivity contribution in [1.29, 1.82) is 0 Å². The SMILES string of the molecule is O=C(N[C@@H](CCO)c1cccc([N+](=O)[O-])c1)OCC1c2ccccc2-c2ccccc21. The number of ether oxygens (including phenoxy) is 1. The number of carbonyl (C=O) groups excluding carboxylic acids is 1. The van der Waals surface area contributed by atoms with Gasteiger partial charge in [-0.25, -0.2) is 4.79 Å². The monoisotopic (exact) mass is 418 g/mol. The van der Waals surface area contributed by atoms with Crippen LogP contribution in [-0.2, 0) is 4.74 Å². The first-order valence-electron chi connectivity index (χ1n) is 10.0. The minimum absolute atomic E-state index is 0.0627. The summed E-state index contributed by atoms with van der Waals surface area (Å²) in [5.41, 5.74) is 4.97. The number of nitrogens with one attached hydrogen (secondary N) is 1. The lowest BCUT2D eigenvalue weighted by Crippen LogP contribution is -2.31. The number of hydrogen-bond acceptors (Lipinski definition) is 5. The normalized spacial score (nSPS) is 13.2. The molecule has 0 heterocycles. The molecule has 31 heavy (non-hydrogen) atoms. The third kappa shape index (κ3) is 4.27. The largest absolute Gasteiger partial charge is 0.449 e. The molecule has 1 amide bonds. The highest BCUT2D eigenvalue weighted by Gasteiger charge is 2.29. The quantitative estimate of drug-likeness (QED) is 0.433. The van der Waals surface area contributed by atoms with Crippen LogP contribution >= 0.6 is 0 Å². The molecule has 4 rings (SSSR count). The summed E-state index contributed by atoms with van der Waals surface area (Å²) in [6.07, 6.45) is -0.419. The van der Waals surface area contributed by atoms with Crippen LogP contribution in [0.3, 0.4) is 0 Å². The molecule has 3 aromatic rings. The van der Waals surface area contributed by atoms with Crippen LogP contribution in [-0.4, -0.2) is 29.3 Å². The van der Waals surface area contributed by atoms with Crippen molar-refractivity contribution < 1.29 is 19.6 Å². The molecule has 0 aliphatic heterocycles. The van der Waals surface area contributed by atoms with E-state index in [0.29, 0.717) is 5.56 Å². The summed E-state index contributed by atoms with van der Waals surface area (Å²) in [5.74, 6) is -0.0627. The number of amides is 1. The van der Waals surface area contributed by atoms with E-state index in [9.17, 15) is 20.0 Å². The van der Waals surface area contributed by atoms with Crippen molar-refractivity contribution in [3.05, 3.63) is 99.6 Å². The van der Waals surface area contributed by atoms with Crippen molar-refractivity contribution in [3.63, 3.8) is 0 Å². The number of nitro groups is 1. The number of carbonyl (C=O) groups is 1. The van der Waals surface area contributed by atoms with E-state index in [0.717, 1.165) is 22.3 Å². The summed E-state index contributed by atoms with van der Waals surface area (Å²) in [4.78, 5) is 23.1. The fourth-order valence-corrected chi connectivity index (χ4v) is 4.09. The number of non-ortho nitro benzene ring substituents is 1. The van der Waals surface area contributed by atoms with Gasteiger partial charge < -0.3 is 15.2 Å². The maximum atomic E-state index is 12.6. The number of aliphatic hydroxyl groups is 1. The summed E-state index contributed by atoms with van der Waals surface area (Å²) in [7, 11) is 0. The predicted octanol–water partition coefficient (Wildman–Crippen LogP) is 4.56. The number of nitro benzene ring substituents is 1. The summed E-state index contributed by atoms with van der Waals surface area (Å²) >= 11 is 0. The Balaban J connectivity index is 1.47. The molecule has 0 aromatic heterocycles. The van der Waals surface area contributed by atoms with Gasteiger partial charge in [-0.1, -0.05) is 60.7 Å². The maximum absolute atomic E-state index is 12.6. The molecule has 2 N–H and O–H groups in total. The van der Waals surface area contributed by atoms with Gasteiger partial charge in [0, 0.05) is 24.7 Å². The van der Waals surface area contributed by atoms with E-state index in [2.05, 4.69) is 17.4 Å². The van der Waals surface area contributed by atoms with E-state index in [1.807, 2.05) is 36.4 Å². The van der Waals surface area contributed by atoms with Crippen molar-refractivity contribution >= 4 is 11.8 Å². The molecule has 0 unspecified atom stereocenters. The molecule has 0 bridgehead atoms. The van der Waals surface area contributed by atoms with Gasteiger partial charge in [0.25, 0.3) is 5.69 Å². The predicted molar refractivity (Wildman–Crippen MR) is 116 cm³/mol. The average Bonchev–Trinajstić information content (AvgIpc) is 3.11. The third-order valence-electron chi connectivity index (χ3n) is 5.54. The average molecular weight is 418 g/mol. The van der Waals surface area contributed by atoms with Gasteiger partial charge in [0.05, 0.1) is 11.0 Å². The highest BCUT2D eigenvalue weighted by molar-refractivity contribution is 5.79. The number of fused-ring (bicyclic) bond motifs is 3. The molecule has 1 aliphatic carbocycles. The Labute approximate surface area is 179 Å². The summed E-state index contributed by atoms with van der Waals surface area (Å²) < 4.78 is 5.55. The van der Waals surface area contributed by atoms with Crippen molar-refractivity contribution in [3.8, 4) is 11.1 Å². The standard InChI is InChI=1S/C24H22N2O5/c27-13-12-23(16-6-5-7-17(14-16)26(29)30)25-24(28)31-15-22-20-10-3-1-8-18(20)19-9-2-4-11-21(19)22/h1-11,14,22-23,27H,12-13,15H2,(H,25,28)/t23-/m0/s1. The summed E-state index contributed by atoms with van der Waals surface area (Å²) in [6, 6.07) is 21.5. The van der Waals surface area contributed by atoms with Crippen LogP contribution in [0, 0.1) is 10.1 Å². The lowest BCUT2D eigenvalue weighted by atomic mass is 9.98. The summed E-state index contributed by atoms with van der Waals surface area (Å²) in [6.45, 7) is -0.0162. The fourth-order valence-electron chi connectivity index (χ4n) is 4.09. The number of hydrogen-bond donors (Lipinski definition) is 2. The van der Waals surface area contributed by atoms with Crippen molar-refractivity contribution in [2.75, 3.05) is 13.2 Å². The molecule has 0 spiro atoms. The third-order valence-corrected chi connectivity index (χ3v) is 5.54. The highest BCUT2D eigenvalue weighted by Crippen LogP contribution is 2.44. The van der Waals surface area contributed by atoms with Gasteiger partial charge in [-0.3, -0.25) is 10.1 Å². The molecule has 0 fully saturated rings. The molecule has 0 saturated carbocycles. The van der Waals surface area contributed by atoms with Crippen LogP contribution in [0.25, 0.3) is 11.1 Å². The molecule has 1 aliphatic rings. The van der Waals surface area contributed by atoms with Gasteiger partial charge in [0.2, 0.25) is 0 Å². The number of aliphatic hydroxyl groups excluding tert-OH is 1. The lowest BCUT2D eigenvalue weighted by Gasteiger charge is -2.19. The zero-order valence-electron chi connectivity index (χ0n) is 16.7. The Hall–Kier alpha value is -3.71. The number of benzene rings is 3. The topological polar surface area (TPSA) is 102 Å². The van der Waals surface area contributed by atoms with Crippen LogP contribution in [0.5, 0.6) is 0 Å². The zero-order chi connectivity index (χ0) is 21.8. The van der Waals surface area contributed by atoms with E-state index < -0.39 is 17.1 Å². The van der Waals surface area contributed by atoms with Gasteiger partial charge in [-0.15, -0.1) is 0 Å². The van der Waals surface area contributed by atoms with Gasteiger partial charge in [0.15, 0.2) is 0 Å². The smallest absolute Gasteiger partial charge is 0.407 e. The molecule has 1 atom stereocenters. The summed E-state index contributed by atoms with van der Waals surface area (Å²) in [5, 5.41) is 23.2. The van der Waals surface area contributed by atoms with E-state index in [1.54, 1.807) is 12.1 Å². The minimum atomic E-state index is -0.633. The lowest BCUT2D eigenvalue weighted by molar-refractivity contribution is -0.384.